The third kappa shape index (κ3) is 4.24. The van der Waals surface area contributed by atoms with Crippen molar-refractivity contribution in [1.29, 1.82) is 0 Å². The van der Waals surface area contributed by atoms with E-state index in [2.05, 4.69) is 5.16 Å². The SMILES string of the molecule is CC(=O)c1ccc(OCc2cc(C(=O)N3CCC[C@@H](O)C3)no2)cc1. The Bertz CT molecular complexity index is 753. The lowest BCUT2D eigenvalue weighted by Gasteiger charge is -2.29. The highest BCUT2D eigenvalue weighted by Crippen LogP contribution is 2.17. The van der Waals surface area contributed by atoms with Crippen LogP contribution in [-0.2, 0) is 6.61 Å². The molecule has 0 radical (unpaired) electrons. The first-order valence-corrected chi connectivity index (χ1v) is 8.19. The van der Waals surface area contributed by atoms with E-state index in [-0.39, 0.29) is 24.0 Å². The van der Waals surface area contributed by atoms with E-state index < -0.39 is 6.10 Å². The summed E-state index contributed by atoms with van der Waals surface area (Å²) in [5.74, 6) is 0.761. The number of hydrogen-bond acceptors (Lipinski definition) is 6. The van der Waals surface area contributed by atoms with Gasteiger partial charge in [0, 0.05) is 24.7 Å². The number of carbonyl (C=O) groups is 2. The van der Waals surface area contributed by atoms with Crippen LogP contribution in [0.25, 0.3) is 0 Å². The molecule has 0 aliphatic carbocycles. The number of aliphatic hydroxyl groups excluding tert-OH is 1. The summed E-state index contributed by atoms with van der Waals surface area (Å²) in [6.07, 6.45) is 1.01. The smallest absolute Gasteiger partial charge is 0.276 e. The Morgan fingerprint density at radius 1 is 1.36 bits per heavy atom. The van der Waals surface area contributed by atoms with Crippen LogP contribution in [0, 0.1) is 0 Å². The maximum Gasteiger partial charge on any atom is 0.276 e. The maximum atomic E-state index is 12.4. The van der Waals surface area contributed by atoms with Crippen LogP contribution in [0.2, 0.25) is 0 Å². The number of ketones is 1. The largest absolute Gasteiger partial charge is 0.486 e. The summed E-state index contributed by atoms with van der Waals surface area (Å²) in [5, 5.41) is 13.5. The van der Waals surface area contributed by atoms with E-state index in [0.29, 0.717) is 36.6 Å². The van der Waals surface area contributed by atoms with E-state index in [1.165, 1.54) is 6.92 Å². The molecule has 1 atom stereocenters. The third-order valence-electron chi connectivity index (χ3n) is 4.10. The number of rotatable bonds is 5. The molecule has 3 rings (SSSR count). The Labute approximate surface area is 145 Å². The first kappa shape index (κ1) is 17.2. The number of ether oxygens (including phenoxy) is 1. The summed E-state index contributed by atoms with van der Waals surface area (Å²) in [6, 6.07) is 8.33. The number of hydrogen-bond donors (Lipinski definition) is 1. The van der Waals surface area contributed by atoms with Gasteiger partial charge < -0.3 is 19.3 Å². The van der Waals surface area contributed by atoms with Gasteiger partial charge >= 0.3 is 0 Å². The van der Waals surface area contributed by atoms with Crippen molar-refractivity contribution in [2.75, 3.05) is 13.1 Å². The van der Waals surface area contributed by atoms with Gasteiger partial charge in [0.1, 0.15) is 12.4 Å². The van der Waals surface area contributed by atoms with Crippen molar-refractivity contribution < 1.29 is 24.0 Å². The van der Waals surface area contributed by atoms with Crippen LogP contribution >= 0.6 is 0 Å². The minimum absolute atomic E-state index is 0.00669. The fourth-order valence-corrected chi connectivity index (χ4v) is 2.72. The molecule has 132 valence electrons. The lowest BCUT2D eigenvalue weighted by Crippen LogP contribution is -2.42. The molecule has 1 aliphatic heterocycles. The normalized spacial score (nSPS) is 17.4. The van der Waals surface area contributed by atoms with Gasteiger partial charge in [0.25, 0.3) is 5.91 Å². The van der Waals surface area contributed by atoms with E-state index in [4.69, 9.17) is 9.26 Å². The van der Waals surface area contributed by atoms with Crippen molar-refractivity contribution in [2.24, 2.45) is 0 Å². The molecule has 1 N–H and O–H groups in total. The predicted molar refractivity (Wildman–Crippen MR) is 88.4 cm³/mol. The Morgan fingerprint density at radius 3 is 2.80 bits per heavy atom. The van der Waals surface area contributed by atoms with Gasteiger partial charge in [-0.15, -0.1) is 0 Å². The van der Waals surface area contributed by atoms with Crippen LogP contribution in [0.4, 0.5) is 0 Å². The van der Waals surface area contributed by atoms with E-state index in [1.54, 1.807) is 35.2 Å². The van der Waals surface area contributed by atoms with E-state index in [0.717, 1.165) is 6.42 Å². The second-order valence-corrected chi connectivity index (χ2v) is 6.09. The standard InChI is InChI=1S/C18H20N2O5/c1-12(21)13-4-6-15(7-5-13)24-11-16-9-17(19-25-16)18(23)20-8-2-3-14(22)10-20/h4-7,9,14,22H,2-3,8,10-11H2,1H3/t14-/m1/s1. The molecule has 2 aromatic rings. The minimum Gasteiger partial charge on any atom is -0.486 e. The Kier molecular flexibility index (Phi) is 5.14. The van der Waals surface area contributed by atoms with Gasteiger partial charge in [-0.3, -0.25) is 9.59 Å². The molecule has 1 fully saturated rings. The average molecular weight is 344 g/mol. The summed E-state index contributed by atoms with van der Waals surface area (Å²) in [4.78, 5) is 25.2. The van der Waals surface area contributed by atoms with Gasteiger partial charge in [-0.2, -0.15) is 0 Å². The highest BCUT2D eigenvalue weighted by molar-refractivity contribution is 5.94. The number of likely N-dealkylation sites (tertiary alicyclic amines) is 1. The number of piperidine rings is 1. The van der Waals surface area contributed by atoms with Gasteiger partial charge in [0.05, 0.1) is 6.10 Å². The van der Waals surface area contributed by atoms with Crippen LogP contribution in [0.15, 0.2) is 34.9 Å². The molecule has 1 saturated heterocycles. The van der Waals surface area contributed by atoms with Crippen molar-refractivity contribution in [3.8, 4) is 5.75 Å². The highest BCUT2D eigenvalue weighted by atomic mass is 16.5. The summed E-state index contributed by atoms with van der Waals surface area (Å²) in [7, 11) is 0. The summed E-state index contributed by atoms with van der Waals surface area (Å²) >= 11 is 0. The van der Waals surface area contributed by atoms with E-state index >= 15 is 0 Å². The maximum absolute atomic E-state index is 12.4. The van der Waals surface area contributed by atoms with Crippen LogP contribution in [-0.4, -0.2) is 46.0 Å². The Balaban J connectivity index is 1.58. The van der Waals surface area contributed by atoms with Crippen molar-refractivity contribution in [3.63, 3.8) is 0 Å². The quantitative estimate of drug-likeness (QED) is 0.835. The molecule has 0 saturated carbocycles. The Morgan fingerprint density at radius 2 is 2.12 bits per heavy atom. The van der Waals surface area contributed by atoms with Crippen molar-refractivity contribution in [3.05, 3.63) is 47.3 Å². The molecule has 7 nitrogen and oxygen atoms in total. The van der Waals surface area contributed by atoms with Gasteiger partial charge in [0.2, 0.25) is 0 Å². The molecular weight excluding hydrogens is 324 g/mol. The topological polar surface area (TPSA) is 92.9 Å². The van der Waals surface area contributed by atoms with Crippen LogP contribution in [0.1, 0.15) is 46.4 Å². The van der Waals surface area contributed by atoms with Gasteiger partial charge in [-0.05, 0) is 44.0 Å². The molecule has 2 heterocycles. The molecule has 0 spiro atoms. The lowest BCUT2D eigenvalue weighted by atomic mass is 10.1. The van der Waals surface area contributed by atoms with Crippen molar-refractivity contribution in [1.82, 2.24) is 10.1 Å². The molecule has 1 aromatic carbocycles. The summed E-state index contributed by atoms with van der Waals surface area (Å²) < 4.78 is 10.7. The van der Waals surface area contributed by atoms with Crippen LogP contribution in [0.3, 0.4) is 0 Å². The van der Waals surface area contributed by atoms with Gasteiger partial charge in [-0.25, -0.2) is 0 Å². The zero-order chi connectivity index (χ0) is 17.8. The first-order chi connectivity index (χ1) is 12.0. The monoisotopic (exact) mass is 344 g/mol. The number of amides is 1. The van der Waals surface area contributed by atoms with E-state index in [1.807, 2.05) is 0 Å². The van der Waals surface area contributed by atoms with Crippen molar-refractivity contribution in [2.45, 2.75) is 32.5 Å². The molecule has 7 heteroatoms. The lowest BCUT2D eigenvalue weighted by molar-refractivity contribution is 0.0465. The fraction of sp³-hybridized carbons (Fsp3) is 0.389. The molecule has 1 aliphatic rings. The second-order valence-electron chi connectivity index (χ2n) is 6.09. The first-order valence-electron chi connectivity index (χ1n) is 8.19. The molecule has 1 aromatic heterocycles. The predicted octanol–water partition coefficient (Wildman–Crippen LogP) is 2.05. The minimum atomic E-state index is -0.481. The average Bonchev–Trinajstić information content (AvgIpc) is 3.08. The number of benzene rings is 1. The number of aromatic nitrogens is 1. The molecular formula is C18H20N2O5. The number of aliphatic hydroxyl groups is 1. The number of carbonyl (C=O) groups excluding carboxylic acids is 2. The van der Waals surface area contributed by atoms with Crippen LogP contribution in [0.5, 0.6) is 5.75 Å². The zero-order valence-corrected chi connectivity index (χ0v) is 14.0. The molecule has 0 bridgehead atoms. The number of Topliss-reactive ketones (excluding diaryl/α,β-unsaturated/α-hetero) is 1. The van der Waals surface area contributed by atoms with Gasteiger partial charge in [-0.1, -0.05) is 5.16 Å². The fourth-order valence-electron chi connectivity index (χ4n) is 2.72. The molecule has 25 heavy (non-hydrogen) atoms. The zero-order valence-electron chi connectivity index (χ0n) is 14.0. The van der Waals surface area contributed by atoms with Crippen LogP contribution < -0.4 is 4.74 Å². The number of β-amino-alcohol motifs (C(OH)–C–C–N with tert-alkyl or cyclic N) is 1. The third-order valence-corrected chi connectivity index (χ3v) is 4.10. The number of nitrogens with zero attached hydrogens (tertiary/aromatic N) is 2. The molecule has 1 amide bonds. The Hall–Kier alpha value is -2.67. The summed E-state index contributed by atoms with van der Waals surface area (Å²) in [6.45, 7) is 2.56. The second kappa shape index (κ2) is 7.48. The van der Waals surface area contributed by atoms with Gasteiger partial charge in [0.15, 0.2) is 17.2 Å². The summed E-state index contributed by atoms with van der Waals surface area (Å²) in [5.41, 5.74) is 0.822. The highest BCUT2D eigenvalue weighted by Gasteiger charge is 2.25. The van der Waals surface area contributed by atoms with Crippen molar-refractivity contribution >= 4 is 11.7 Å². The van der Waals surface area contributed by atoms with E-state index in [9.17, 15) is 14.7 Å². The molecule has 0 unspecified atom stereocenters.